The Balaban J connectivity index is 1.98. The lowest BCUT2D eigenvalue weighted by Crippen LogP contribution is -2.38. The van der Waals surface area contributed by atoms with Crippen molar-refractivity contribution in [3.05, 3.63) is 0 Å². The maximum absolute atomic E-state index is 9.64. The third-order valence-electron chi connectivity index (χ3n) is 5.22. The third-order valence-corrected chi connectivity index (χ3v) is 5.22. The summed E-state index contributed by atoms with van der Waals surface area (Å²) in [6.07, 6.45) is 9.94. The molecule has 0 aromatic rings. The van der Waals surface area contributed by atoms with Crippen LogP contribution in [0.15, 0.2) is 0 Å². The van der Waals surface area contributed by atoms with Gasteiger partial charge in [0.05, 0.1) is 12.2 Å². The zero-order chi connectivity index (χ0) is 11.6. The van der Waals surface area contributed by atoms with Crippen LogP contribution in [0.1, 0.15) is 64.7 Å². The van der Waals surface area contributed by atoms with E-state index in [-0.39, 0.29) is 12.2 Å². The predicted octanol–water partition coefficient (Wildman–Crippen LogP) is 2.87. The molecule has 2 aliphatic carbocycles. The van der Waals surface area contributed by atoms with E-state index in [0.29, 0.717) is 5.41 Å². The molecule has 0 bridgehead atoms. The Bertz CT molecular complexity index is 211. The fourth-order valence-electron chi connectivity index (χ4n) is 3.92. The van der Waals surface area contributed by atoms with Crippen LogP contribution in [0.4, 0.5) is 0 Å². The highest BCUT2D eigenvalue weighted by atomic mass is 16.3. The molecule has 0 heterocycles. The van der Waals surface area contributed by atoms with E-state index in [4.69, 9.17) is 0 Å². The molecule has 0 aromatic carbocycles. The van der Waals surface area contributed by atoms with Gasteiger partial charge in [0.2, 0.25) is 0 Å². The van der Waals surface area contributed by atoms with E-state index in [1.54, 1.807) is 0 Å². The van der Waals surface area contributed by atoms with Gasteiger partial charge >= 0.3 is 0 Å². The highest BCUT2D eigenvalue weighted by molar-refractivity contribution is 4.92. The summed E-state index contributed by atoms with van der Waals surface area (Å²) in [7, 11) is 0. The summed E-state index contributed by atoms with van der Waals surface area (Å²) in [6, 6.07) is 0. The maximum atomic E-state index is 9.64. The van der Waals surface area contributed by atoms with Gasteiger partial charge in [0, 0.05) is 0 Å². The molecule has 0 aromatic heterocycles. The molecular weight excluding hydrogens is 200 g/mol. The molecule has 0 atom stereocenters. The highest BCUT2D eigenvalue weighted by Crippen LogP contribution is 2.50. The summed E-state index contributed by atoms with van der Waals surface area (Å²) < 4.78 is 0. The lowest BCUT2D eigenvalue weighted by Gasteiger charge is -2.46. The Kier molecular flexibility index (Phi) is 3.91. The summed E-state index contributed by atoms with van der Waals surface area (Å²) in [6.45, 7) is 2.31. The first-order valence-electron chi connectivity index (χ1n) is 7.02. The minimum absolute atomic E-state index is 0.0423. The van der Waals surface area contributed by atoms with Crippen molar-refractivity contribution in [2.75, 3.05) is 0 Å². The van der Waals surface area contributed by atoms with Crippen LogP contribution in [0.5, 0.6) is 0 Å². The minimum Gasteiger partial charge on any atom is -0.393 e. The van der Waals surface area contributed by atoms with Gasteiger partial charge in [0.15, 0.2) is 0 Å². The van der Waals surface area contributed by atoms with Crippen molar-refractivity contribution < 1.29 is 10.2 Å². The second-order valence-corrected chi connectivity index (χ2v) is 5.95. The van der Waals surface area contributed by atoms with Crippen molar-refractivity contribution in [3.63, 3.8) is 0 Å². The summed E-state index contributed by atoms with van der Waals surface area (Å²) in [4.78, 5) is 0. The molecule has 0 aliphatic heterocycles. The molecule has 2 nitrogen and oxygen atoms in total. The number of aliphatic hydroxyl groups is 2. The molecule has 0 amide bonds. The summed E-state index contributed by atoms with van der Waals surface area (Å²) >= 11 is 0. The first kappa shape index (κ1) is 12.4. The largest absolute Gasteiger partial charge is 0.393 e. The molecule has 0 unspecified atom stereocenters. The van der Waals surface area contributed by atoms with E-state index in [0.717, 1.165) is 31.6 Å². The smallest absolute Gasteiger partial charge is 0.0540 e. The van der Waals surface area contributed by atoms with Gasteiger partial charge in [0.25, 0.3) is 0 Å². The minimum atomic E-state index is -0.0474. The van der Waals surface area contributed by atoms with Crippen LogP contribution in [0, 0.1) is 11.3 Å². The fraction of sp³-hybridized carbons (Fsp3) is 1.00. The predicted molar refractivity (Wildman–Crippen MR) is 65.2 cm³/mol. The lowest BCUT2D eigenvalue weighted by atomic mass is 9.60. The van der Waals surface area contributed by atoms with Crippen LogP contribution in [0.25, 0.3) is 0 Å². The van der Waals surface area contributed by atoms with Crippen LogP contribution < -0.4 is 0 Å². The standard InChI is InChI=1S/C14H26O2/c1-2-14(9-7-13(16)8-10-14)11-3-5-12(15)6-4-11/h11-13,15-16H,2-10H2,1H3. The fourth-order valence-corrected chi connectivity index (χ4v) is 3.92. The highest BCUT2D eigenvalue weighted by Gasteiger charge is 2.41. The van der Waals surface area contributed by atoms with E-state index in [1.165, 1.54) is 32.1 Å². The Labute approximate surface area is 99.1 Å². The quantitative estimate of drug-likeness (QED) is 0.760. The van der Waals surface area contributed by atoms with Gasteiger partial charge in [-0.05, 0) is 62.7 Å². The number of hydrogen-bond acceptors (Lipinski definition) is 2. The van der Waals surface area contributed by atoms with Gasteiger partial charge in [-0.1, -0.05) is 13.3 Å². The second kappa shape index (κ2) is 5.05. The van der Waals surface area contributed by atoms with Crippen molar-refractivity contribution in [3.8, 4) is 0 Å². The monoisotopic (exact) mass is 226 g/mol. The SMILES string of the molecule is CCC1(C2CCC(O)CC2)CCC(O)CC1. The average molecular weight is 226 g/mol. The van der Waals surface area contributed by atoms with Crippen LogP contribution in [0.2, 0.25) is 0 Å². The van der Waals surface area contributed by atoms with Crippen molar-refractivity contribution >= 4 is 0 Å². The normalized spacial score (nSPS) is 45.6. The molecule has 16 heavy (non-hydrogen) atoms. The molecular formula is C14H26O2. The Hall–Kier alpha value is -0.0800. The van der Waals surface area contributed by atoms with Crippen molar-refractivity contribution in [1.29, 1.82) is 0 Å². The maximum Gasteiger partial charge on any atom is 0.0540 e. The van der Waals surface area contributed by atoms with Crippen LogP contribution in [0.3, 0.4) is 0 Å². The van der Waals surface area contributed by atoms with Crippen molar-refractivity contribution in [2.24, 2.45) is 11.3 Å². The van der Waals surface area contributed by atoms with Crippen molar-refractivity contribution in [1.82, 2.24) is 0 Å². The molecule has 0 spiro atoms. The van der Waals surface area contributed by atoms with E-state index in [1.807, 2.05) is 0 Å². The summed E-state index contributed by atoms with van der Waals surface area (Å²) in [5, 5.41) is 19.2. The molecule has 2 aliphatic rings. The molecule has 2 rings (SSSR count). The molecule has 2 heteroatoms. The summed E-state index contributed by atoms with van der Waals surface area (Å²) in [5.41, 5.74) is 0.485. The van der Waals surface area contributed by atoms with E-state index >= 15 is 0 Å². The molecule has 94 valence electrons. The van der Waals surface area contributed by atoms with Gasteiger partial charge in [-0.3, -0.25) is 0 Å². The zero-order valence-corrected chi connectivity index (χ0v) is 10.5. The van der Waals surface area contributed by atoms with Gasteiger partial charge in [-0.15, -0.1) is 0 Å². The van der Waals surface area contributed by atoms with Crippen molar-refractivity contribution in [2.45, 2.75) is 76.9 Å². The Morgan fingerprint density at radius 2 is 1.38 bits per heavy atom. The molecule has 2 fully saturated rings. The Morgan fingerprint density at radius 1 is 0.875 bits per heavy atom. The van der Waals surface area contributed by atoms with Crippen LogP contribution in [-0.4, -0.2) is 22.4 Å². The number of rotatable bonds is 2. The molecule has 2 N–H and O–H groups in total. The van der Waals surface area contributed by atoms with Gasteiger partial charge in [-0.2, -0.15) is 0 Å². The first-order chi connectivity index (χ1) is 7.66. The average Bonchev–Trinajstić information content (AvgIpc) is 2.32. The summed E-state index contributed by atoms with van der Waals surface area (Å²) in [5.74, 6) is 0.799. The Morgan fingerprint density at radius 3 is 1.88 bits per heavy atom. The van der Waals surface area contributed by atoms with E-state index in [2.05, 4.69) is 6.92 Å². The van der Waals surface area contributed by atoms with E-state index < -0.39 is 0 Å². The topological polar surface area (TPSA) is 40.5 Å². The second-order valence-electron chi connectivity index (χ2n) is 5.95. The first-order valence-corrected chi connectivity index (χ1v) is 7.02. The number of aliphatic hydroxyl groups excluding tert-OH is 2. The molecule has 2 saturated carbocycles. The van der Waals surface area contributed by atoms with Gasteiger partial charge in [-0.25, -0.2) is 0 Å². The lowest BCUT2D eigenvalue weighted by molar-refractivity contribution is -0.0100. The van der Waals surface area contributed by atoms with Crippen LogP contribution >= 0.6 is 0 Å². The third kappa shape index (κ3) is 2.43. The van der Waals surface area contributed by atoms with Crippen LogP contribution in [-0.2, 0) is 0 Å². The van der Waals surface area contributed by atoms with Gasteiger partial charge < -0.3 is 10.2 Å². The zero-order valence-electron chi connectivity index (χ0n) is 10.5. The number of hydrogen-bond donors (Lipinski definition) is 2. The van der Waals surface area contributed by atoms with Gasteiger partial charge in [0.1, 0.15) is 0 Å². The molecule has 0 radical (unpaired) electrons. The molecule has 0 saturated heterocycles. The van der Waals surface area contributed by atoms with E-state index in [9.17, 15) is 10.2 Å².